The van der Waals surface area contributed by atoms with E-state index in [1.54, 1.807) is 12.1 Å². The van der Waals surface area contributed by atoms with Crippen LogP contribution in [0.3, 0.4) is 0 Å². The molecule has 0 saturated carbocycles. The average molecular weight is 495 g/mol. The Bertz CT molecular complexity index is 1040. The molecule has 0 bridgehead atoms. The Morgan fingerprint density at radius 1 is 0.829 bits per heavy atom. The summed E-state index contributed by atoms with van der Waals surface area (Å²) in [5.74, 6) is -1.27. The standard InChI is InChI=1S/C27H31N2O5P/c28-13-15-33-17-18-34-16-14-29-26(30)21-11-12-25(27(31)32)22(19-21)20-35(23-7-3-1-4-8-23)24-9-5-2-6-10-24/h1-12,19H,13-18,20,28H2,(H,29,30)(H,31,32). The van der Waals surface area contributed by atoms with Crippen LogP contribution in [0.15, 0.2) is 78.9 Å². The quantitative estimate of drug-likeness (QED) is 0.235. The van der Waals surface area contributed by atoms with E-state index in [1.807, 2.05) is 36.4 Å². The molecule has 0 unspecified atom stereocenters. The van der Waals surface area contributed by atoms with E-state index < -0.39 is 13.9 Å². The van der Waals surface area contributed by atoms with E-state index in [0.29, 0.717) is 56.8 Å². The lowest BCUT2D eigenvalue weighted by Crippen LogP contribution is -2.28. The maximum Gasteiger partial charge on any atom is 0.335 e. The van der Waals surface area contributed by atoms with Crippen LogP contribution in [-0.4, -0.2) is 56.5 Å². The van der Waals surface area contributed by atoms with Crippen LogP contribution in [0.2, 0.25) is 0 Å². The smallest absolute Gasteiger partial charge is 0.335 e. The number of carboxylic acids is 1. The van der Waals surface area contributed by atoms with Crippen LogP contribution < -0.4 is 21.7 Å². The first-order valence-corrected chi connectivity index (χ1v) is 13.0. The normalized spacial score (nSPS) is 10.9. The first-order chi connectivity index (χ1) is 17.1. The Balaban J connectivity index is 1.72. The van der Waals surface area contributed by atoms with Crippen molar-refractivity contribution >= 4 is 30.4 Å². The molecule has 0 spiro atoms. The van der Waals surface area contributed by atoms with Crippen LogP contribution in [-0.2, 0) is 15.6 Å². The summed E-state index contributed by atoms with van der Waals surface area (Å²) in [6, 6.07) is 24.9. The van der Waals surface area contributed by atoms with Crippen molar-refractivity contribution in [2.75, 3.05) is 39.5 Å². The molecule has 0 fully saturated rings. The highest BCUT2D eigenvalue weighted by molar-refractivity contribution is 7.72. The second-order valence-corrected chi connectivity index (χ2v) is 9.91. The lowest BCUT2D eigenvalue weighted by Gasteiger charge is -2.20. The van der Waals surface area contributed by atoms with Crippen molar-refractivity contribution in [1.29, 1.82) is 0 Å². The minimum Gasteiger partial charge on any atom is -0.478 e. The van der Waals surface area contributed by atoms with Crippen LogP contribution in [0, 0.1) is 0 Å². The van der Waals surface area contributed by atoms with Gasteiger partial charge in [0.25, 0.3) is 5.91 Å². The molecule has 184 valence electrons. The Labute approximate surface area is 207 Å². The Hall–Kier alpha value is -3.09. The maximum atomic E-state index is 12.7. The number of carbonyl (C=O) groups is 2. The monoisotopic (exact) mass is 494 g/mol. The van der Waals surface area contributed by atoms with E-state index in [9.17, 15) is 14.7 Å². The summed E-state index contributed by atoms with van der Waals surface area (Å²) in [4.78, 5) is 24.7. The van der Waals surface area contributed by atoms with Crippen LogP contribution in [0.4, 0.5) is 0 Å². The third kappa shape index (κ3) is 8.26. The third-order valence-electron chi connectivity index (χ3n) is 5.23. The van der Waals surface area contributed by atoms with Crippen molar-refractivity contribution in [2.24, 2.45) is 5.73 Å². The molecular formula is C27H31N2O5P. The minimum absolute atomic E-state index is 0.210. The molecule has 0 aliphatic carbocycles. The fraction of sp³-hybridized carbons (Fsp3) is 0.259. The van der Waals surface area contributed by atoms with Gasteiger partial charge >= 0.3 is 5.97 Å². The van der Waals surface area contributed by atoms with Gasteiger partial charge in [0.1, 0.15) is 0 Å². The number of nitrogens with two attached hydrogens (primary N) is 1. The third-order valence-corrected chi connectivity index (χ3v) is 7.73. The van der Waals surface area contributed by atoms with Gasteiger partial charge in [0.2, 0.25) is 0 Å². The molecule has 0 saturated heterocycles. The highest BCUT2D eigenvalue weighted by Crippen LogP contribution is 2.39. The predicted molar refractivity (Wildman–Crippen MR) is 139 cm³/mol. The first-order valence-electron chi connectivity index (χ1n) is 11.5. The van der Waals surface area contributed by atoms with Gasteiger partial charge in [-0.05, 0) is 42.3 Å². The van der Waals surface area contributed by atoms with Crippen molar-refractivity contribution in [3.05, 3.63) is 95.6 Å². The average Bonchev–Trinajstić information content (AvgIpc) is 2.89. The summed E-state index contributed by atoms with van der Waals surface area (Å²) < 4.78 is 10.7. The summed E-state index contributed by atoms with van der Waals surface area (Å²) in [6.45, 7) is 2.53. The molecule has 0 radical (unpaired) electrons. The molecule has 3 aromatic carbocycles. The van der Waals surface area contributed by atoms with Gasteiger partial charge in [-0.15, -0.1) is 0 Å². The Morgan fingerprint density at radius 2 is 1.43 bits per heavy atom. The summed E-state index contributed by atoms with van der Waals surface area (Å²) >= 11 is 0. The minimum atomic E-state index is -1.01. The first kappa shape index (κ1) is 26.5. The topological polar surface area (TPSA) is 111 Å². The van der Waals surface area contributed by atoms with Gasteiger partial charge < -0.3 is 25.6 Å². The van der Waals surface area contributed by atoms with Gasteiger partial charge in [-0.2, -0.15) is 0 Å². The van der Waals surface area contributed by atoms with Crippen LogP contribution in [0.5, 0.6) is 0 Å². The van der Waals surface area contributed by atoms with Crippen molar-refractivity contribution in [1.82, 2.24) is 5.32 Å². The van der Waals surface area contributed by atoms with Gasteiger partial charge in [-0.1, -0.05) is 60.7 Å². The summed E-state index contributed by atoms with van der Waals surface area (Å²) in [7, 11) is -0.857. The molecule has 3 aromatic rings. The van der Waals surface area contributed by atoms with Crippen molar-refractivity contribution in [3.63, 3.8) is 0 Å². The van der Waals surface area contributed by atoms with Gasteiger partial charge in [-0.3, -0.25) is 4.79 Å². The lowest BCUT2D eigenvalue weighted by atomic mass is 10.0. The van der Waals surface area contributed by atoms with E-state index in [2.05, 4.69) is 29.6 Å². The van der Waals surface area contributed by atoms with Crippen molar-refractivity contribution in [3.8, 4) is 0 Å². The Kier molecular flexibility index (Phi) is 10.9. The number of hydrogen-bond acceptors (Lipinski definition) is 5. The van der Waals surface area contributed by atoms with E-state index in [0.717, 1.165) is 10.6 Å². The second-order valence-electron chi connectivity index (χ2n) is 7.70. The zero-order valence-corrected chi connectivity index (χ0v) is 20.5. The van der Waals surface area contributed by atoms with E-state index in [-0.39, 0.29) is 11.5 Å². The molecule has 35 heavy (non-hydrogen) atoms. The number of hydrogen-bond donors (Lipinski definition) is 3. The number of nitrogens with one attached hydrogen (secondary N) is 1. The van der Waals surface area contributed by atoms with E-state index in [4.69, 9.17) is 15.2 Å². The van der Waals surface area contributed by atoms with Crippen molar-refractivity contribution < 1.29 is 24.2 Å². The molecule has 0 atom stereocenters. The van der Waals surface area contributed by atoms with E-state index >= 15 is 0 Å². The molecule has 8 heteroatoms. The zero-order valence-electron chi connectivity index (χ0n) is 19.6. The van der Waals surface area contributed by atoms with Gasteiger partial charge in [-0.25, -0.2) is 4.79 Å². The zero-order chi connectivity index (χ0) is 24.9. The Morgan fingerprint density at radius 3 is 2.00 bits per heavy atom. The highest BCUT2D eigenvalue weighted by atomic mass is 31.1. The highest BCUT2D eigenvalue weighted by Gasteiger charge is 2.20. The van der Waals surface area contributed by atoms with Gasteiger partial charge in [0, 0.05) is 24.8 Å². The number of rotatable bonds is 14. The van der Waals surface area contributed by atoms with Crippen LogP contribution in [0.1, 0.15) is 26.3 Å². The molecular weight excluding hydrogens is 463 g/mol. The summed E-state index contributed by atoms with van der Waals surface area (Å²) in [5.41, 5.74) is 6.63. The largest absolute Gasteiger partial charge is 0.478 e. The predicted octanol–water partition coefficient (Wildman–Crippen LogP) is 2.74. The number of aromatic carboxylic acids is 1. The number of amides is 1. The lowest BCUT2D eigenvalue weighted by molar-refractivity contribution is 0.0511. The molecule has 4 N–H and O–H groups in total. The van der Waals surface area contributed by atoms with Gasteiger partial charge in [0.05, 0.1) is 32.0 Å². The van der Waals surface area contributed by atoms with Gasteiger partial charge in [0.15, 0.2) is 0 Å². The summed E-state index contributed by atoms with van der Waals surface area (Å²) in [6.07, 6.45) is 0.512. The maximum absolute atomic E-state index is 12.7. The molecule has 0 aliphatic rings. The number of carbonyl (C=O) groups excluding carboxylic acids is 1. The number of carboxylic acid groups (broad SMARTS) is 1. The number of benzene rings is 3. The molecule has 1 amide bonds. The van der Waals surface area contributed by atoms with Crippen LogP contribution in [0.25, 0.3) is 0 Å². The molecule has 3 rings (SSSR count). The van der Waals surface area contributed by atoms with E-state index in [1.165, 1.54) is 6.07 Å². The molecule has 0 aliphatic heterocycles. The molecule has 7 nitrogen and oxygen atoms in total. The second kappa shape index (κ2) is 14.3. The number of ether oxygens (including phenoxy) is 2. The molecule has 0 heterocycles. The van der Waals surface area contributed by atoms with Crippen molar-refractivity contribution in [2.45, 2.75) is 6.16 Å². The fourth-order valence-corrected chi connectivity index (χ4v) is 5.87. The SMILES string of the molecule is NCCOCCOCCNC(=O)c1ccc(C(=O)O)c(CP(c2ccccc2)c2ccccc2)c1. The van der Waals surface area contributed by atoms with Crippen LogP contribution >= 0.6 is 7.92 Å². The fourth-order valence-electron chi connectivity index (χ4n) is 3.54. The molecule has 0 aromatic heterocycles. The summed E-state index contributed by atoms with van der Waals surface area (Å²) in [5, 5.41) is 14.9.